The van der Waals surface area contributed by atoms with E-state index in [0.29, 0.717) is 30.2 Å². The van der Waals surface area contributed by atoms with E-state index in [1.165, 1.54) is 6.07 Å². The predicted octanol–water partition coefficient (Wildman–Crippen LogP) is 4.23. The number of hydrogen-bond acceptors (Lipinski definition) is 2. The molecule has 3 aromatic carbocycles. The van der Waals surface area contributed by atoms with Crippen LogP contribution in [0.2, 0.25) is 0 Å². The van der Waals surface area contributed by atoms with Gasteiger partial charge in [-0.15, -0.1) is 0 Å². The average Bonchev–Trinajstić information content (AvgIpc) is 3.06. The van der Waals surface area contributed by atoms with Crippen molar-refractivity contribution in [2.24, 2.45) is 0 Å². The second kappa shape index (κ2) is 7.50. The lowest BCUT2D eigenvalue weighted by Gasteiger charge is -2.09. The van der Waals surface area contributed by atoms with Gasteiger partial charge in [0.1, 0.15) is 12.4 Å². The van der Waals surface area contributed by atoms with Gasteiger partial charge in [0, 0.05) is 5.56 Å². The summed E-state index contributed by atoms with van der Waals surface area (Å²) in [5.74, 6) is 1.97. The van der Waals surface area contributed by atoms with Gasteiger partial charge >= 0.3 is 0 Å². The van der Waals surface area contributed by atoms with Crippen LogP contribution >= 0.6 is 0 Å². The molecule has 4 aromatic rings. The van der Waals surface area contributed by atoms with E-state index in [0.717, 1.165) is 16.9 Å². The van der Waals surface area contributed by atoms with Crippen LogP contribution in [0.5, 0.6) is 11.5 Å². The summed E-state index contributed by atoms with van der Waals surface area (Å²) in [5.41, 5.74) is 2.61. The molecule has 1 N–H and O–H groups in total. The van der Waals surface area contributed by atoms with Gasteiger partial charge in [0.25, 0.3) is 5.82 Å². The molecule has 0 radical (unpaired) electrons. The van der Waals surface area contributed by atoms with Crippen LogP contribution in [0, 0.1) is 5.82 Å². The Kier molecular flexibility index (Phi) is 4.75. The highest BCUT2D eigenvalue weighted by Gasteiger charge is 2.20. The second-order valence-electron chi connectivity index (χ2n) is 6.21. The van der Waals surface area contributed by atoms with Crippen molar-refractivity contribution in [1.82, 2.24) is 4.98 Å². The molecule has 4 nitrogen and oxygen atoms in total. The number of nitrogens with one attached hydrogen (secondary N) is 1. The van der Waals surface area contributed by atoms with Crippen LogP contribution in [0.15, 0.2) is 72.8 Å². The number of aromatic nitrogens is 2. The van der Waals surface area contributed by atoms with Gasteiger partial charge in [-0.1, -0.05) is 42.5 Å². The van der Waals surface area contributed by atoms with Gasteiger partial charge < -0.3 is 9.47 Å². The fourth-order valence-electron chi connectivity index (χ4n) is 3.16. The van der Waals surface area contributed by atoms with Crippen molar-refractivity contribution in [3.63, 3.8) is 0 Å². The van der Waals surface area contributed by atoms with E-state index in [-0.39, 0.29) is 5.82 Å². The van der Waals surface area contributed by atoms with Crippen LogP contribution in [0.1, 0.15) is 11.4 Å². The fourth-order valence-corrected chi connectivity index (χ4v) is 3.16. The van der Waals surface area contributed by atoms with Crippen LogP contribution in [0.3, 0.4) is 0 Å². The molecule has 0 bridgehead atoms. The van der Waals surface area contributed by atoms with E-state index in [2.05, 4.69) is 4.98 Å². The van der Waals surface area contributed by atoms with Crippen LogP contribution in [-0.2, 0) is 13.2 Å². The number of aromatic amines is 1. The molecule has 0 saturated heterocycles. The maximum Gasteiger partial charge on any atom is 0.294 e. The Balaban J connectivity index is 1.69. The molecule has 4 rings (SSSR count). The summed E-state index contributed by atoms with van der Waals surface area (Å²) >= 11 is 0. The quantitative estimate of drug-likeness (QED) is 0.521. The second-order valence-corrected chi connectivity index (χ2v) is 6.21. The van der Waals surface area contributed by atoms with E-state index in [1.807, 2.05) is 59.2 Å². The summed E-state index contributed by atoms with van der Waals surface area (Å²) in [7, 11) is 1.61. The van der Waals surface area contributed by atoms with Gasteiger partial charge in [-0.25, -0.2) is 13.9 Å². The zero-order chi connectivity index (χ0) is 18.6. The van der Waals surface area contributed by atoms with Crippen molar-refractivity contribution in [1.29, 1.82) is 0 Å². The standard InChI is InChI=1S/C22H19FN2O2/c1-26-20-12-6-7-13-21(20)27-15-22-24-18-10-4-5-11-19(18)25(22)14-16-8-2-3-9-17(16)23/h2-13H,14-15H2,1H3/p+1. The number of fused-ring (bicyclic) bond motifs is 1. The number of halogens is 1. The van der Waals surface area contributed by atoms with E-state index in [4.69, 9.17) is 9.47 Å². The lowest BCUT2D eigenvalue weighted by atomic mass is 10.2. The molecule has 0 atom stereocenters. The molecule has 0 aliphatic heterocycles. The Bertz CT molecular complexity index is 1070. The Morgan fingerprint density at radius 2 is 1.59 bits per heavy atom. The predicted molar refractivity (Wildman–Crippen MR) is 101 cm³/mol. The lowest BCUT2D eigenvalue weighted by molar-refractivity contribution is -0.671. The molecule has 0 amide bonds. The largest absolute Gasteiger partial charge is 0.493 e. The molecule has 1 aromatic heterocycles. The van der Waals surface area contributed by atoms with Crippen LogP contribution in [0.4, 0.5) is 4.39 Å². The van der Waals surface area contributed by atoms with E-state index >= 15 is 0 Å². The molecule has 27 heavy (non-hydrogen) atoms. The third kappa shape index (κ3) is 3.49. The molecular weight excluding hydrogens is 343 g/mol. The maximum absolute atomic E-state index is 14.2. The SMILES string of the molecule is COc1ccccc1OCc1[nH]c2ccccc2[n+]1Cc1ccccc1F. The number of methoxy groups -OCH3 is 1. The van der Waals surface area contributed by atoms with Crippen molar-refractivity contribution in [3.8, 4) is 11.5 Å². The van der Waals surface area contributed by atoms with Crippen molar-refractivity contribution in [3.05, 3.63) is 90.0 Å². The number of H-pyrrole nitrogens is 1. The average molecular weight is 363 g/mol. The summed E-state index contributed by atoms with van der Waals surface area (Å²) in [6.45, 7) is 0.727. The first-order valence-electron chi connectivity index (χ1n) is 8.75. The molecule has 0 fully saturated rings. The fraction of sp³-hybridized carbons (Fsp3) is 0.136. The molecule has 0 spiro atoms. The number of para-hydroxylation sites is 4. The Hall–Kier alpha value is -3.34. The van der Waals surface area contributed by atoms with Gasteiger partial charge in [0.2, 0.25) is 0 Å². The minimum atomic E-state index is -0.216. The van der Waals surface area contributed by atoms with Crippen molar-refractivity contribution in [2.75, 3.05) is 7.11 Å². The smallest absolute Gasteiger partial charge is 0.294 e. The third-order valence-corrected chi connectivity index (χ3v) is 4.52. The minimum absolute atomic E-state index is 0.216. The zero-order valence-electron chi connectivity index (χ0n) is 15.0. The number of imidazole rings is 1. The molecular formula is C22H20FN2O2+. The monoisotopic (exact) mass is 363 g/mol. The summed E-state index contributed by atoms with van der Waals surface area (Å²) in [5, 5.41) is 0. The molecule has 0 aliphatic carbocycles. The number of benzene rings is 3. The van der Waals surface area contributed by atoms with Crippen LogP contribution < -0.4 is 14.0 Å². The molecule has 136 valence electrons. The first kappa shape index (κ1) is 17.1. The molecule has 5 heteroatoms. The number of ether oxygens (including phenoxy) is 2. The first-order valence-corrected chi connectivity index (χ1v) is 8.75. The highest BCUT2D eigenvalue weighted by Crippen LogP contribution is 2.26. The maximum atomic E-state index is 14.2. The summed E-state index contributed by atoms with van der Waals surface area (Å²) < 4.78 is 27.6. The van der Waals surface area contributed by atoms with Crippen LogP contribution in [-0.4, -0.2) is 12.1 Å². The lowest BCUT2D eigenvalue weighted by Crippen LogP contribution is -2.38. The van der Waals surface area contributed by atoms with E-state index in [9.17, 15) is 4.39 Å². The molecule has 0 unspecified atom stereocenters. The first-order chi connectivity index (χ1) is 13.3. The highest BCUT2D eigenvalue weighted by molar-refractivity contribution is 5.71. The zero-order valence-corrected chi connectivity index (χ0v) is 15.0. The molecule has 0 saturated carbocycles. The normalized spacial score (nSPS) is 10.9. The Morgan fingerprint density at radius 3 is 2.41 bits per heavy atom. The van der Waals surface area contributed by atoms with Gasteiger partial charge in [-0.3, -0.25) is 0 Å². The van der Waals surface area contributed by atoms with Gasteiger partial charge in [0.15, 0.2) is 29.1 Å². The Labute approximate surface area is 156 Å². The number of nitrogens with zero attached hydrogens (tertiary/aromatic N) is 1. The summed E-state index contributed by atoms with van der Waals surface area (Å²) in [4.78, 5) is 3.39. The van der Waals surface area contributed by atoms with Crippen molar-refractivity contribution in [2.45, 2.75) is 13.2 Å². The minimum Gasteiger partial charge on any atom is -0.493 e. The van der Waals surface area contributed by atoms with Gasteiger partial charge in [-0.05, 0) is 30.3 Å². The van der Waals surface area contributed by atoms with Gasteiger partial charge in [0.05, 0.1) is 7.11 Å². The summed E-state index contributed by atoms with van der Waals surface area (Å²) in [6.07, 6.45) is 0. The highest BCUT2D eigenvalue weighted by atomic mass is 19.1. The molecule has 1 heterocycles. The van der Waals surface area contributed by atoms with Crippen molar-refractivity contribution < 1.29 is 18.4 Å². The third-order valence-electron chi connectivity index (χ3n) is 4.52. The number of rotatable bonds is 6. The summed E-state index contributed by atoms with van der Waals surface area (Å²) in [6, 6.07) is 22.3. The van der Waals surface area contributed by atoms with Gasteiger partial charge in [-0.2, -0.15) is 0 Å². The topological polar surface area (TPSA) is 38.1 Å². The van der Waals surface area contributed by atoms with E-state index in [1.54, 1.807) is 19.2 Å². The number of hydrogen-bond donors (Lipinski definition) is 1. The Morgan fingerprint density at radius 1 is 0.889 bits per heavy atom. The van der Waals surface area contributed by atoms with Crippen LogP contribution in [0.25, 0.3) is 11.0 Å². The molecule has 0 aliphatic rings. The van der Waals surface area contributed by atoms with E-state index < -0.39 is 0 Å². The van der Waals surface area contributed by atoms with Crippen molar-refractivity contribution >= 4 is 11.0 Å².